The summed E-state index contributed by atoms with van der Waals surface area (Å²) >= 11 is 0. The lowest BCUT2D eigenvalue weighted by Crippen LogP contribution is -2.07. The predicted molar refractivity (Wildman–Crippen MR) is 44.2 cm³/mol. The van der Waals surface area contributed by atoms with E-state index in [1.807, 2.05) is 6.07 Å². The van der Waals surface area contributed by atoms with Crippen molar-refractivity contribution >= 4 is 11.5 Å². The van der Waals surface area contributed by atoms with Crippen LogP contribution in [0, 0.1) is 0 Å². The summed E-state index contributed by atoms with van der Waals surface area (Å²) in [4.78, 5) is 3.87. The molecule has 1 aromatic rings. The summed E-state index contributed by atoms with van der Waals surface area (Å²) in [6, 6.07) is 3.61. The van der Waals surface area contributed by atoms with Gasteiger partial charge in [-0.1, -0.05) is 0 Å². The summed E-state index contributed by atoms with van der Waals surface area (Å²) in [5.41, 5.74) is 6.27. The van der Waals surface area contributed by atoms with Crippen molar-refractivity contribution in [2.45, 2.75) is 0 Å². The van der Waals surface area contributed by atoms with Crippen molar-refractivity contribution < 1.29 is 5.11 Å². The molecule has 0 fully saturated rings. The quantitative estimate of drug-likeness (QED) is 0.574. The highest BCUT2D eigenvalue weighted by Crippen LogP contribution is 2.12. The SMILES string of the molecule is Nc1ncccc1NCCO. The minimum absolute atomic E-state index is 0.0916. The minimum atomic E-state index is 0.0916. The number of anilines is 2. The van der Waals surface area contributed by atoms with E-state index in [2.05, 4.69) is 10.3 Å². The molecule has 0 aliphatic rings. The molecule has 0 unspecified atom stereocenters. The molecular weight excluding hydrogens is 142 g/mol. The molecule has 0 amide bonds. The normalized spacial score (nSPS) is 9.55. The van der Waals surface area contributed by atoms with Crippen LogP contribution in [0.2, 0.25) is 0 Å². The Hall–Kier alpha value is -1.29. The van der Waals surface area contributed by atoms with Gasteiger partial charge in [-0.2, -0.15) is 0 Å². The van der Waals surface area contributed by atoms with Crippen molar-refractivity contribution in [1.82, 2.24) is 4.98 Å². The first-order valence-electron chi connectivity index (χ1n) is 3.40. The van der Waals surface area contributed by atoms with Crippen molar-refractivity contribution in [3.8, 4) is 0 Å². The second-order valence-corrected chi connectivity index (χ2v) is 2.09. The standard InChI is InChI=1S/C7H11N3O/c8-7-6(9-4-5-11)2-1-3-10-7/h1-3,9,11H,4-5H2,(H2,8,10). The van der Waals surface area contributed by atoms with Crippen LogP contribution in [0.5, 0.6) is 0 Å². The Morgan fingerprint density at radius 1 is 1.64 bits per heavy atom. The Kier molecular flexibility index (Phi) is 2.68. The van der Waals surface area contributed by atoms with Crippen LogP contribution in [0.25, 0.3) is 0 Å². The lowest BCUT2D eigenvalue weighted by Gasteiger charge is -2.04. The number of hydrogen-bond acceptors (Lipinski definition) is 4. The molecule has 4 N–H and O–H groups in total. The average Bonchev–Trinajstić information content (AvgIpc) is 2.03. The number of aliphatic hydroxyl groups excluding tert-OH is 1. The summed E-state index contributed by atoms with van der Waals surface area (Å²) in [6.45, 7) is 0.588. The van der Waals surface area contributed by atoms with Crippen LogP contribution in [0.1, 0.15) is 0 Å². The number of nitrogens with two attached hydrogens (primary N) is 1. The van der Waals surface area contributed by atoms with E-state index in [1.54, 1.807) is 12.3 Å². The molecule has 0 saturated heterocycles. The number of nitrogens with one attached hydrogen (secondary N) is 1. The van der Waals surface area contributed by atoms with Gasteiger partial charge in [-0.05, 0) is 12.1 Å². The lowest BCUT2D eigenvalue weighted by molar-refractivity contribution is 0.311. The van der Waals surface area contributed by atoms with Crippen molar-refractivity contribution in [2.24, 2.45) is 0 Å². The Bertz CT molecular complexity index is 227. The molecule has 11 heavy (non-hydrogen) atoms. The van der Waals surface area contributed by atoms with E-state index >= 15 is 0 Å². The zero-order chi connectivity index (χ0) is 8.10. The zero-order valence-corrected chi connectivity index (χ0v) is 6.12. The van der Waals surface area contributed by atoms with Gasteiger partial charge in [-0.25, -0.2) is 4.98 Å². The maximum absolute atomic E-state index is 8.49. The summed E-state index contributed by atoms with van der Waals surface area (Å²) in [5.74, 6) is 0.459. The molecule has 1 rings (SSSR count). The third-order valence-electron chi connectivity index (χ3n) is 1.27. The summed E-state index contributed by atoms with van der Waals surface area (Å²) in [5, 5.41) is 11.4. The fourth-order valence-corrected chi connectivity index (χ4v) is 0.758. The number of hydrogen-bond donors (Lipinski definition) is 3. The molecule has 0 atom stereocenters. The number of nitrogen functional groups attached to an aromatic ring is 1. The Morgan fingerprint density at radius 2 is 2.45 bits per heavy atom. The van der Waals surface area contributed by atoms with Gasteiger partial charge in [0, 0.05) is 12.7 Å². The van der Waals surface area contributed by atoms with Gasteiger partial charge in [-0.15, -0.1) is 0 Å². The van der Waals surface area contributed by atoms with E-state index in [0.29, 0.717) is 12.4 Å². The van der Waals surface area contributed by atoms with Crippen LogP contribution in [0.3, 0.4) is 0 Å². The van der Waals surface area contributed by atoms with Gasteiger partial charge >= 0.3 is 0 Å². The highest BCUT2D eigenvalue weighted by molar-refractivity contribution is 5.60. The van der Waals surface area contributed by atoms with E-state index in [0.717, 1.165) is 5.69 Å². The first-order valence-corrected chi connectivity index (χ1v) is 3.40. The Balaban J connectivity index is 2.62. The molecule has 0 radical (unpaired) electrons. The molecule has 4 nitrogen and oxygen atoms in total. The van der Waals surface area contributed by atoms with Crippen LogP contribution in [-0.2, 0) is 0 Å². The third-order valence-corrected chi connectivity index (χ3v) is 1.27. The number of pyridine rings is 1. The molecule has 60 valence electrons. The van der Waals surface area contributed by atoms with Crippen molar-refractivity contribution in [3.05, 3.63) is 18.3 Å². The van der Waals surface area contributed by atoms with Crippen LogP contribution < -0.4 is 11.1 Å². The fraction of sp³-hybridized carbons (Fsp3) is 0.286. The summed E-state index contributed by atoms with van der Waals surface area (Å²) < 4.78 is 0. The van der Waals surface area contributed by atoms with Crippen molar-refractivity contribution in [1.29, 1.82) is 0 Å². The summed E-state index contributed by atoms with van der Waals surface area (Å²) in [6.07, 6.45) is 1.62. The molecule has 0 bridgehead atoms. The Morgan fingerprint density at radius 3 is 3.09 bits per heavy atom. The molecule has 1 heterocycles. The number of aliphatic hydroxyl groups is 1. The van der Waals surface area contributed by atoms with E-state index < -0.39 is 0 Å². The molecule has 1 aromatic heterocycles. The van der Waals surface area contributed by atoms with Crippen LogP contribution in [-0.4, -0.2) is 23.2 Å². The van der Waals surface area contributed by atoms with Gasteiger partial charge in [0.05, 0.1) is 12.3 Å². The first kappa shape index (κ1) is 7.81. The predicted octanol–water partition coefficient (Wildman–Crippen LogP) is 0.0680. The Labute approximate surface area is 65.1 Å². The van der Waals surface area contributed by atoms with Crippen LogP contribution >= 0.6 is 0 Å². The van der Waals surface area contributed by atoms with Crippen LogP contribution in [0.4, 0.5) is 11.5 Å². The maximum atomic E-state index is 8.49. The lowest BCUT2D eigenvalue weighted by atomic mass is 10.4. The monoisotopic (exact) mass is 153 g/mol. The highest BCUT2D eigenvalue weighted by atomic mass is 16.3. The van der Waals surface area contributed by atoms with E-state index in [4.69, 9.17) is 10.8 Å². The molecule has 0 aliphatic heterocycles. The van der Waals surface area contributed by atoms with Crippen molar-refractivity contribution in [3.63, 3.8) is 0 Å². The minimum Gasteiger partial charge on any atom is -0.395 e. The molecule has 0 spiro atoms. The van der Waals surface area contributed by atoms with E-state index in [9.17, 15) is 0 Å². The van der Waals surface area contributed by atoms with Gasteiger partial charge in [-0.3, -0.25) is 0 Å². The second-order valence-electron chi connectivity index (χ2n) is 2.09. The largest absolute Gasteiger partial charge is 0.395 e. The first-order chi connectivity index (χ1) is 5.34. The van der Waals surface area contributed by atoms with Crippen LogP contribution in [0.15, 0.2) is 18.3 Å². The number of aromatic nitrogens is 1. The van der Waals surface area contributed by atoms with Gasteiger partial charge in [0.2, 0.25) is 0 Å². The molecular formula is C7H11N3O. The molecule has 0 aromatic carbocycles. The summed E-state index contributed by atoms with van der Waals surface area (Å²) in [7, 11) is 0. The van der Waals surface area contributed by atoms with Gasteiger partial charge in [0.25, 0.3) is 0 Å². The maximum Gasteiger partial charge on any atom is 0.146 e. The number of nitrogens with zero attached hydrogens (tertiary/aromatic N) is 1. The average molecular weight is 153 g/mol. The van der Waals surface area contributed by atoms with Gasteiger partial charge < -0.3 is 16.2 Å². The third kappa shape index (κ3) is 2.09. The topological polar surface area (TPSA) is 71.2 Å². The molecule has 4 heteroatoms. The second kappa shape index (κ2) is 3.78. The van der Waals surface area contributed by atoms with E-state index in [1.165, 1.54) is 0 Å². The smallest absolute Gasteiger partial charge is 0.146 e. The molecule has 0 aliphatic carbocycles. The van der Waals surface area contributed by atoms with Gasteiger partial charge in [0.15, 0.2) is 0 Å². The van der Waals surface area contributed by atoms with E-state index in [-0.39, 0.29) is 6.61 Å². The molecule has 0 saturated carbocycles. The van der Waals surface area contributed by atoms with Gasteiger partial charge in [0.1, 0.15) is 5.82 Å². The zero-order valence-electron chi connectivity index (χ0n) is 6.12. The number of rotatable bonds is 3. The fourth-order valence-electron chi connectivity index (χ4n) is 0.758. The van der Waals surface area contributed by atoms with Crippen molar-refractivity contribution in [2.75, 3.05) is 24.2 Å². The highest BCUT2D eigenvalue weighted by Gasteiger charge is 1.94.